The van der Waals surface area contributed by atoms with E-state index in [2.05, 4.69) is 10.5 Å². The SMILES string of the molecule is COCCNC(=O)C1(C[C@H]2CC(c3ccccc3)=NO2)CCOCC1. The van der Waals surface area contributed by atoms with Crippen LogP contribution < -0.4 is 5.32 Å². The molecule has 2 aliphatic heterocycles. The van der Waals surface area contributed by atoms with Crippen LogP contribution in [0.2, 0.25) is 0 Å². The number of nitrogens with zero attached hydrogens (tertiary/aromatic N) is 1. The van der Waals surface area contributed by atoms with Crippen LogP contribution in [0.3, 0.4) is 0 Å². The molecule has 136 valence electrons. The minimum atomic E-state index is -0.446. The lowest BCUT2D eigenvalue weighted by molar-refractivity contribution is -0.140. The first-order valence-corrected chi connectivity index (χ1v) is 8.87. The topological polar surface area (TPSA) is 69.2 Å². The second-order valence-corrected chi connectivity index (χ2v) is 6.68. The van der Waals surface area contributed by atoms with Crippen molar-refractivity contribution in [2.24, 2.45) is 10.6 Å². The van der Waals surface area contributed by atoms with Crippen molar-refractivity contribution in [3.05, 3.63) is 35.9 Å². The van der Waals surface area contributed by atoms with Crippen molar-refractivity contribution < 1.29 is 19.1 Å². The lowest BCUT2D eigenvalue weighted by atomic mass is 9.74. The molecule has 0 unspecified atom stereocenters. The summed E-state index contributed by atoms with van der Waals surface area (Å²) in [6, 6.07) is 10.0. The quantitative estimate of drug-likeness (QED) is 0.768. The largest absolute Gasteiger partial charge is 0.392 e. The molecule has 3 rings (SSSR count). The Kier molecular flexibility index (Phi) is 6.04. The molecule has 1 aromatic carbocycles. The zero-order chi connectivity index (χ0) is 17.5. The van der Waals surface area contributed by atoms with Crippen LogP contribution in [-0.4, -0.2) is 51.2 Å². The Morgan fingerprint density at radius 3 is 2.80 bits per heavy atom. The number of oxime groups is 1. The maximum atomic E-state index is 12.8. The molecule has 6 nitrogen and oxygen atoms in total. The number of nitrogens with one attached hydrogen (secondary N) is 1. The molecule has 1 atom stereocenters. The van der Waals surface area contributed by atoms with Gasteiger partial charge in [-0.2, -0.15) is 0 Å². The summed E-state index contributed by atoms with van der Waals surface area (Å²) >= 11 is 0. The van der Waals surface area contributed by atoms with Crippen molar-refractivity contribution in [3.63, 3.8) is 0 Å². The lowest BCUT2D eigenvalue weighted by Gasteiger charge is -2.36. The third-order valence-electron chi connectivity index (χ3n) is 4.98. The van der Waals surface area contributed by atoms with Crippen LogP contribution >= 0.6 is 0 Å². The molecule has 1 saturated heterocycles. The Morgan fingerprint density at radius 2 is 2.08 bits per heavy atom. The summed E-state index contributed by atoms with van der Waals surface area (Å²) in [4.78, 5) is 18.5. The summed E-state index contributed by atoms with van der Waals surface area (Å²) in [6.45, 7) is 2.25. The van der Waals surface area contributed by atoms with Crippen LogP contribution in [0.15, 0.2) is 35.5 Å². The van der Waals surface area contributed by atoms with Crippen LogP contribution in [0.1, 0.15) is 31.2 Å². The van der Waals surface area contributed by atoms with Crippen molar-refractivity contribution >= 4 is 11.6 Å². The first-order chi connectivity index (χ1) is 12.2. The average Bonchev–Trinajstić information content (AvgIpc) is 3.11. The highest BCUT2D eigenvalue weighted by Gasteiger charge is 2.43. The number of ether oxygens (including phenoxy) is 2. The fraction of sp³-hybridized carbons (Fsp3) is 0.579. The van der Waals surface area contributed by atoms with E-state index < -0.39 is 5.41 Å². The summed E-state index contributed by atoms with van der Waals surface area (Å²) in [5, 5.41) is 7.25. The van der Waals surface area contributed by atoms with E-state index in [4.69, 9.17) is 14.3 Å². The van der Waals surface area contributed by atoms with E-state index >= 15 is 0 Å². The zero-order valence-corrected chi connectivity index (χ0v) is 14.7. The van der Waals surface area contributed by atoms with Gasteiger partial charge in [-0.05, 0) is 18.4 Å². The Morgan fingerprint density at radius 1 is 1.32 bits per heavy atom. The van der Waals surface area contributed by atoms with Crippen molar-refractivity contribution in [2.75, 3.05) is 33.5 Å². The molecular weight excluding hydrogens is 320 g/mol. The molecule has 0 aromatic heterocycles. The van der Waals surface area contributed by atoms with Gasteiger partial charge in [-0.15, -0.1) is 0 Å². The molecule has 2 heterocycles. The van der Waals surface area contributed by atoms with Gasteiger partial charge < -0.3 is 19.6 Å². The highest BCUT2D eigenvalue weighted by atomic mass is 16.6. The zero-order valence-electron chi connectivity index (χ0n) is 14.7. The van der Waals surface area contributed by atoms with Crippen molar-refractivity contribution in [1.82, 2.24) is 5.32 Å². The predicted octanol–water partition coefficient (Wildman–Crippen LogP) is 2.13. The molecule has 0 bridgehead atoms. The number of methoxy groups -OCH3 is 1. The number of amides is 1. The van der Waals surface area contributed by atoms with Crippen LogP contribution in [-0.2, 0) is 19.1 Å². The smallest absolute Gasteiger partial charge is 0.226 e. The summed E-state index contributed by atoms with van der Waals surface area (Å²) < 4.78 is 10.5. The molecule has 0 spiro atoms. The summed E-state index contributed by atoms with van der Waals surface area (Å²) in [5.41, 5.74) is 1.58. The fourth-order valence-electron chi connectivity index (χ4n) is 3.51. The monoisotopic (exact) mass is 346 g/mol. The van der Waals surface area contributed by atoms with Crippen LogP contribution in [0, 0.1) is 5.41 Å². The van der Waals surface area contributed by atoms with Gasteiger partial charge in [-0.1, -0.05) is 35.5 Å². The Hall–Kier alpha value is -1.92. The predicted molar refractivity (Wildman–Crippen MR) is 94.5 cm³/mol. The second-order valence-electron chi connectivity index (χ2n) is 6.68. The number of rotatable bonds is 7. The van der Waals surface area contributed by atoms with E-state index in [9.17, 15) is 4.79 Å². The molecule has 1 N–H and O–H groups in total. The molecule has 1 amide bonds. The van der Waals surface area contributed by atoms with Gasteiger partial charge in [-0.25, -0.2) is 0 Å². The maximum absolute atomic E-state index is 12.8. The van der Waals surface area contributed by atoms with E-state index in [-0.39, 0.29) is 12.0 Å². The third kappa shape index (κ3) is 4.38. The average molecular weight is 346 g/mol. The molecule has 25 heavy (non-hydrogen) atoms. The van der Waals surface area contributed by atoms with E-state index in [1.54, 1.807) is 7.11 Å². The molecule has 1 fully saturated rings. The minimum absolute atomic E-state index is 0.0681. The molecule has 6 heteroatoms. The van der Waals surface area contributed by atoms with Crippen LogP contribution in [0.5, 0.6) is 0 Å². The van der Waals surface area contributed by atoms with Crippen molar-refractivity contribution in [1.29, 1.82) is 0 Å². The van der Waals surface area contributed by atoms with E-state index in [0.29, 0.717) is 45.6 Å². The third-order valence-corrected chi connectivity index (χ3v) is 4.98. The summed E-state index contributed by atoms with van der Waals surface area (Å²) in [7, 11) is 1.63. The van der Waals surface area contributed by atoms with Crippen molar-refractivity contribution in [2.45, 2.75) is 31.8 Å². The van der Waals surface area contributed by atoms with Gasteiger partial charge in [0, 0.05) is 39.7 Å². The number of carbonyl (C=O) groups excluding carboxylic acids is 1. The first kappa shape index (κ1) is 17.9. The second kappa shape index (κ2) is 8.45. The molecule has 0 saturated carbocycles. The van der Waals surface area contributed by atoms with Gasteiger partial charge in [0.15, 0.2) is 0 Å². The van der Waals surface area contributed by atoms with Crippen molar-refractivity contribution in [3.8, 4) is 0 Å². The summed E-state index contributed by atoms with van der Waals surface area (Å²) in [6.07, 6.45) is 2.76. The number of benzene rings is 1. The maximum Gasteiger partial charge on any atom is 0.226 e. The standard InChI is InChI=1S/C19H26N2O4/c1-23-12-9-20-18(22)19(7-10-24-11-8-19)14-16-13-17(21-25-16)15-5-3-2-4-6-15/h2-6,16H,7-14H2,1H3,(H,20,22)/t16-/m1/s1. The van der Waals surface area contributed by atoms with Gasteiger partial charge in [0.1, 0.15) is 6.10 Å². The van der Waals surface area contributed by atoms with E-state index in [1.165, 1.54) is 0 Å². The number of hydrogen-bond donors (Lipinski definition) is 1. The van der Waals surface area contributed by atoms with Gasteiger partial charge >= 0.3 is 0 Å². The molecular formula is C19H26N2O4. The highest BCUT2D eigenvalue weighted by molar-refractivity contribution is 6.01. The van der Waals surface area contributed by atoms with E-state index in [0.717, 1.165) is 17.7 Å². The highest BCUT2D eigenvalue weighted by Crippen LogP contribution is 2.38. The molecule has 0 radical (unpaired) electrons. The van der Waals surface area contributed by atoms with Gasteiger partial charge in [0.05, 0.1) is 17.7 Å². The van der Waals surface area contributed by atoms with Gasteiger partial charge in [-0.3, -0.25) is 4.79 Å². The number of hydrogen-bond acceptors (Lipinski definition) is 5. The van der Waals surface area contributed by atoms with Gasteiger partial charge in [0.2, 0.25) is 5.91 Å². The lowest BCUT2D eigenvalue weighted by Crippen LogP contribution is -2.47. The van der Waals surface area contributed by atoms with Gasteiger partial charge in [0.25, 0.3) is 0 Å². The van der Waals surface area contributed by atoms with Crippen LogP contribution in [0.25, 0.3) is 0 Å². The fourth-order valence-corrected chi connectivity index (χ4v) is 3.51. The van der Waals surface area contributed by atoms with Crippen LogP contribution in [0.4, 0.5) is 0 Å². The Balaban J connectivity index is 1.62. The Labute approximate surface area is 148 Å². The Bertz CT molecular complexity index is 597. The molecule has 0 aliphatic carbocycles. The normalized spacial score (nSPS) is 22.1. The summed E-state index contributed by atoms with van der Waals surface area (Å²) in [5.74, 6) is 0.0737. The molecule has 2 aliphatic rings. The van der Waals surface area contributed by atoms with E-state index in [1.807, 2.05) is 30.3 Å². The molecule has 1 aromatic rings. The first-order valence-electron chi connectivity index (χ1n) is 8.87. The number of carbonyl (C=O) groups is 1. The minimum Gasteiger partial charge on any atom is -0.392 e.